The van der Waals surface area contributed by atoms with Crippen LogP contribution in [0.5, 0.6) is 11.5 Å². The van der Waals surface area contributed by atoms with E-state index in [2.05, 4.69) is 5.10 Å². The molecule has 0 unspecified atom stereocenters. The molecule has 0 atom stereocenters. The molecule has 3 aromatic carbocycles. The monoisotopic (exact) mass is 564 g/mol. The molecule has 41 heavy (non-hydrogen) atoms. The van der Waals surface area contributed by atoms with Gasteiger partial charge in [-0.3, -0.25) is 14.3 Å². The lowest BCUT2D eigenvalue weighted by Crippen LogP contribution is -2.39. The van der Waals surface area contributed by atoms with Crippen molar-refractivity contribution in [1.29, 1.82) is 0 Å². The van der Waals surface area contributed by atoms with Crippen LogP contribution < -0.4 is 10.1 Å². The summed E-state index contributed by atoms with van der Waals surface area (Å²) in [5.74, 6) is 0.944. The first kappa shape index (κ1) is 28.2. The van der Waals surface area contributed by atoms with Crippen LogP contribution in [0.3, 0.4) is 0 Å². The number of aromatic nitrogens is 2. The zero-order valence-corrected chi connectivity index (χ0v) is 22.9. The number of aryl methyl sites for hydroxylation is 2. The van der Waals surface area contributed by atoms with Gasteiger partial charge in [0, 0.05) is 42.3 Å². The number of likely N-dealkylation sites (tertiary alicyclic amines) is 1. The molecule has 1 N–H and O–H groups in total. The van der Waals surface area contributed by atoms with E-state index in [1.807, 2.05) is 52.3 Å². The molecule has 2 amide bonds. The average molecular weight is 565 g/mol. The Kier molecular flexibility index (Phi) is 8.01. The van der Waals surface area contributed by atoms with Gasteiger partial charge in [-0.25, -0.2) is 0 Å². The van der Waals surface area contributed by atoms with Crippen LogP contribution in [-0.2, 0) is 6.54 Å². The van der Waals surface area contributed by atoms with Gasteiger partial charge in [0.1, 0.15) is 18.0 Å². The third-order valence-electron chi connectivity index (χ3n) is 7.41. The number of halogens is 3. The molecule has 1 aliphatic heterocycles. The van der Waals surface area contributed by atoms with Crippen molar-refractivity contribution in [2.45, 2.75) is 39.4 Å². The first-order valence-corrected chi connectivity index (χ1v) is 13.5. The van der Waals surface area contributed by atoms with E-state index in [1.165, 1.54) is 6.07 Å². The number of nitrogens with one attached hydrogen (secondary N) is 1. The lowest BCUT2D eigenvalue weighted by atomic mass is 9.96. The molecule has 0 bridgehead atoms. The molecule has 1 aliphatic rings. The third kappa shape index (κ3) is 6.87. The molecular weight excluding hydrogens is 533 g/mol. The largest absolute Gasteiger partial charge is 0.457 e. The summed E-state index contributed by atoms with van der Waals surface area (Å²) in [6.07, 6.45) is -0.996. The minimum Gasteiger partial charge on any atom is -0.457 e. The van der Waals surface area contributed by atoms with Crippen molar-refractivity contribution in [2.24, 2.45) is 5.92 Å². The highest BCUT2D eigenvalue weighted by Gasteiger charge is 2.28. The number of ether oxygens (including phenoxy) is 1. The molecule has 7 nitrogen and oxygen atoms in total. The first-order valence-electron chi connectivity index (χ1n) is 13.5. The molecular formula is C31H31F3N4O3. The summed E-state index contributed by atoms with van der Waals surface area (Å²) in [5, 5.41) is 7.27. The Bertz CT molecular complexity index is 1540. The number of amides is 2. The molecule has 5 rings (SSSR count). The van der Waals surface area contributed by atoms with Gasteiger partial charge < -0.3 is 15.0 Å². The summed E-state index contributed by atoms with van der Waals surface area (Å²) in [5.41, 5.74) is 3.23. The topological polar surface area (TPSA) is 76.5 Å². The molecule has 1 aromatic heterocycles. The van der Waals surface area contributed by atoms with Gasteiger partial charge in [-0.15, -0.1) is 0 Å². The molecule has 4 aromatic rings. The number of carbonyl (C=O) groups excluding carboxylic acids is 2. The van der Waals surface area contributed by atoms with Gasteiger partial charge in [-0.2, -0.15) is 18.3 Å². The van der Waals surface area contributed by atoms with Crippen molar-refractivity contribution in [1.82, 2.24) is 20.0 Å². The maximum atomic E-state index is 13.1. The summed E-state index contributed by atoms with van der Waals surface area (Å²) in [6, 6.07) is 18.1. The second-order valence-electron chi connectivity index (χ2n) is 10.5. The third-order valence-corrected chi connectivity index (χ3v) is 7.41. The maximum Gasteiger partial charge on any atom is 0.405 e. The number of hydrogen-bond donors (Lipinski definition) is 1. The van der Waals surface area contributed by atoms with Gasteiger partial charge in [0.15, 0.2) is 0 Å². The van der Waals surface area contributed by atoms with Crippen molar-refractivity contribution < 1.29 is 27.5 Å². The number of hydrogen-bond acceptors (Lipinski definition) is 4. The summed E-state index contributed by atoms with van der Waals surface area (Å²) >= 11 is 0. The Hall–Kier alpha value is -4.34. The van der Waals surface area contributed by atoms with Gasteiger partial charge in [0.05, 0.1) is 5.52 Å². The molecule has 214 valence electrons. The van der Waals surface area contributed by atoms with E-state index in [-0.39, 0.29) is 11.5 Å². The lowest BCUT2D eigenvalue weighted by Gasteiger charge is -2.32. The number of fused-ring (bicyclic) bond motifs is 1. The van der Waals surface area contributed by atoms with Crippen LogP contribution in [0.1, 0.15) is 44.7 Å². The van der Waals surface area contributed by atoms with Gasteiger partial charge in [0.25, 0.3) is 11.8 Å². The fraction of sp³-hybridized carbons (Fsp3) is 0.323. The van der Waals surface area contributed by atoms with Crippen LogP contribution in [0.4, 0.5) is 13.2 Å². The van der Waals surface area contributed by atoms with E-state index in [4.69, 9.17) is 4.74 Å². The molecule has 10 heteroatoms. The molecule has 1 saturated heterocycles. The summed E-state index contributed by atoms with van der Waals surface area (Å²) in [6.45, 7) is 4.26. The van der Waals surface area contributed by atoms with Gasteiger partial charge in [0.2, 0.25) is 0 Å². The second kappa shape index (κ2) is 11.6. The van der Waals surface area contributed by atoms with Crippen molar-refractivity contribution in [3.63, 3.8) is 0 Å². The van der Waals surface area contributed by atoms with Crippen LogP contribution >= 0.6 is 0 Å². The highest BCUT2D eigenvalue weighted by molar-refractivity contribution is 6.00. The fourth-order valence-electron chi connectivity index (χ4n) is 5.07. The Labute approximate surface area is 235 Å². The predicted octanol–water partition coefficient (Wildman–Crippen LogP) is 6.29. The molecule has 0 radical (unpaired) electrons. The normalized spacial score (nSPS) is 14.3. The van der Waals surface area contributed by atoms with Crippen molar-refractivity contribution in [2.75, 3.05) is 19.6 Å². The smallest absolute Gasteiger partial charge is 0.405 e. The molecule has 0 aliphatic carbocycles. The number of rotatable bonds is 7. The van der Waals surface area contributed by atoms with Gasteiger partial charge in [-0.1, -0.05) is 17.7 Å². The number of alkyl halides is 3. The van der Waals surface area contributed by atoms with Gasteiger partial charge >= 0.3 is 6.18 Å². The Morgan fingerprint density at radius 3 is 2.22 bits per heavy atom. The number of nitrogens with zero attached hydrogens (tertiary/aromatic N) is 3. The Balaban J connectivity index is 1.15. The minimum absolute atomic E-state index is 0.0119. The summed E-state index contributed by atoms with van der Waals surface area (Å²) in [4.78, 5) is 27.2. The van der Waals surface area contributed by atoms with Crippen LogP contribution in [0, 0.1) is 19.8 Å². The highest BCUT2D eigenvalue weighted by atomic mass is 19.4. The zero-order chi connectivity index (χ0) is 29.1. The van der Waals surface area contributed by atoms with E-state index in [9.17, 15) is 22.8 Å². The lowest BCUT2D eigenvalue weighted by molar-refractivity contribution is -0.123. The summed E-state index contributed by atoms with van der Waals surface area (Å²) in [7, 11) is 0. The predicted molar refractivity (Wildman–Crippen MR) is 149 cm³/mol. The van der Waals surface area contributed by atoms with Crippen molar-refractivity contribution in [3.8, 4) is 11.5 Å². The first-order chi connectivity index (χ1) is 19.6. The molecule has 2 heterocycles. The van der Waals surface area contributed by atoms with Crippen LogP contribution in [0.25, 0.3) is 10.9 Å². The Morgan fingerprint density at radius 1 is 0.951 bits per heavy atom. The van der Waals surface area contributed by atoms with Crippen LogP contribution in [0.15, 0.2) is 66.9 Å². The number of piperidine rings is 1. The minimum atomic E-state index is -4.47. The second-order valence-corrected chi connectivity index (χ2v) is 10.5. The zero-order valence-electron chi connectivity index (χ0n) is 22.9. The highest BCUT2D eigenvalue weighted by Crippen LogP contribution is 2.26. The number of carbonyl (C=O) groups is 2. The van der Waals surface area contributed by atoms with E-state index < -0.39 is 18.6 Å². The van der Waals surface area contributed by atoms with E-state index in [0.29, 0.717) is 47.9 Å². The fourth-order valence-corrected chi connectivity index (χ4v) is 5.07. The maximum absolute atomic E-state index is 13.1. The number of benzene rings is 3. The molecule has 1 fully saturated rings. The SMILES string of the molecule is Cc1ccc(Oc2ccc(C(=O)N3CCC(Cn4cc5c(C)c(C(=O)NCC(F)(F)F)ccc5n4)CC3)cc2)cc1. The van der Waals surface area contributed by atoms with Gasteiger partial charge in [-0.05, 0) is 86.7 Å². The van der Waals surface area contributed by atoms with E-state index in [1.54, 1.807) is 37.3 Å². The quantitative estimate of drug-likeness (QED) is 0.286. The summed E-state index contributed by atoms with van der Waals surface area (Å²) < 4.78 is 45.2. The molecule has 0 saturated carbocycles. The van der Waals surface area contributed by atoms with E-state index >= 15 is 0 Å². The average Bonchev–Trinajstić information content (AvgIpc) is 3.37. The van der Waals surface area contributed by atoms with Crippen molar-refractivity contribution in [3.05, 3.63) is 89.1 Å². The van der Waals surface area contributed by atoms with E-state index in [0.717, 1.165) is 29.5 Å². The molecule has 0 spiro atoms. The van der Waals surface area contributed by atoms with Crippen LogP contribution in [0.2, 0.25) is 0 Å². The Morgan fingerprint density at radius 2 is 1.59 bits per heavy atom. The standard InChI is InChI=1S/C31H31F3N4O3/c1-20-3-7-24(8-4-20)41-25-9-5-23(6-10-25)30(40)37-15-13-22(14-16-37)17-38-18-27-21(2)26(11-12-28(27)36-38)29(39)35-19-31(32,33)34/h3-12,18,22H,13-17,19H2,1-2H3,(H,35,39). The van der Waals surface area contributed by atoms with Crippen molar-refractivity contribution >= 4 is 22.7 Å². The van der Waals surface area contributed by atoms with Crippen LogP contribution in [-0.4, -0.2) is 52.3 Å².